The lowest BCUT2D eigenvalue weighted by Gasteiger charge is -2.22. The molecule has 1 heterocycles. The summed E-state index contributed by atoms with van der Waals surface area (Å²) >= 11 is 0. The molecule has 4 nitrogen and oxygen atoms in total. The molecule has 0 atom stereocenters. The summed E-state index contributed by atoms with van der Waals surface area (Å²) in [5, 5.41) is 3.36. The van der Waals surface area contributed by atoms with Crippen LogP contribution in [0.25, 0.3) is 0 Å². The highest BCUT2D eigenvalue weighted by Crippen LogP contribution is 2.09. The van der Waals surface area contributed by atoms with Gasteiger partial charge in [-0.15, -0.1) is 0 Å². The van der Waals surface area contributed by atoms with Crippen molar-refractivity contribution in [2.24, 2.45) is 0 Å². The topological polar surface area (TPSA) is 33.7 Å². The Kier molecular flexibility index (Phi) is 6.92. The lowest BCUT2D eigenvalue weighted by atomic mass is 10.2. The summed E-state index contributed by atoms with van der Waals surface area (Å²) in [6.45, 7) is 5.60. The summed E-state index contributed by atoms with van der Waals surface area (Å²) in [6.07, 6.45) is 2.53. The van der Waals surface area contributed by atoms with Crippen LogP contribution in [0.4, 0.5) is 0 Å². The fraction of sp³-hybridized carbons (Fsp3) is 1.00. The maximum absolute atomic E-state index is 5.73. The number of rotatable bonds is 7. The molecule has 1 N–H and O–H groups in total. The van der Waals surface area contributed by atoms with E-state index >= 15 is 0 Å². The van der Waals surface area contributed by atoms with Gasteiger partial charge in [-0.1, -0.05) is 0 Å². The Labute approximate surface area is 92.9 Å². The van der Waals surface area contributed by atoms with Gasteiger partial charge in [0.15, 0.2) is 0 Å². The van der Waals surface area contributed by atoms with Crippen LogP contribution in [0.2, 0.25) is 0 Å². The summed E-state index contributed by atoms with van der Waals surface area (Å²) in [5.74, 6) is 0. The third kappa shape index (κ3) is 6.84. The van der Waals surface area contributed by atoms with Gasteiger partial charge in [0.2, 0.25) is 0 Å². The molecule has 0 amide bonds. The minimum absolute atomic E-state index is 0.425. The third-order valence-electron chi connectivity index (χ3n) is 2.54. The number of hydrogen-bond acceptors (Lipinski definition) is 4. The Morgan fingerprint density at radius 2 is 2.00 bits per heavy atom. The second kappa shape index (κ2) is 8.05. The van der Waals surface area contributed by atoms with E-state index in [1.165, 1.54) is 0 Å². The second-order valence-corrected chi connectivity index (χ2v) is 4.24. The standard InChI is InChI=1S/C11H24N2O2/c1-13(2)7-5-12-6-10-15-11-3-8-14-9-4-11/h11-12H,3-10H2,1-2H3. The Morgan fingerprint density at radius 1 is 1.27 bits per heavy atom. The van der Waals surface area contributed by atoms with Gasteiger partial charge in [0.05, 0.1) is 12.7 Å². The Hall–Kier alpha value is -0.160. The van der Waals surface area contributed by atoms with Gasteiger partial charge < -0.3 is 19.7 Å². The van der Waals surface area contributed by atoms with Crippen LogP contribution in [0.15, 0.2) is 0 Å². The van der Waals surface area contributed by atoms with Crippen LogP contribution in [-0.2, 0) is 9.47 Å². The molecule has 0 spiro atoms. The maximum Gasteiger partial charge on any atom is 0.0619 e. The van der Waals surface area contributed by atoms with Crippen molar-refractivity contribution in [3.63, 3.8) is 0 Å². The molecule has 0 aliphatic carbocycles. The normalized spacial score (nSPS) is 18.6. The van der Waals surface area contributed by atoms with Crippen LogP contribution in [0, 0.1) is 0 Å². The highest BCUT2D eigenvalue weighted by molar-refractivity contribution is 4.62. The van der Waals surface area contributed by atoms with Gasteiger partial charge in [0.25, 0.3) is 0 Å². The summed E-state index contributed by atoms with van der Waals surface area (Å²) in [6, 6.07) is 0. The van der Waals surface area contributed by atoms with Crippen LogP contribution >= 0.6 is 0 Å². The molecule has 1 aliphatic rings. The van der Waals surface area contributed by atoms with E-state index in [0.29, 0.717) is 6.10 Å². The minimum Gasteiger partial charge on any atom is -0.381 e. The number of likely N-dealkylation sites (N-methyl/N-ethyl adjacent to an activating group) is 1. The lowest BCUT2D eigenvalue weighted by molar-refractivity contribution is -0.0305. The predicted molar refractivity (Wildman–Crippen MR) is 61.2 cm³/mol. The van der Waals surface area contributed by atoms with Crippen LogP contribution in [0.5, 0.6) is 0 Å². The van der Waals surface area contributed by atoms with E-state index < -0.39 is 0 Å². The van der Waals surface area contributed by atoms with E-state index in [2.05, 4.69) is 24.3 Å². The molecule has 0 radical (unpaired) electrons. The van der Waals surface area contributed by atoms with E-state index in [1.807, 2.05) is 0 Å². The molecule has 0 bridgehead atoms. The van der Waals surface area contributed by atoms with E-state index in [1.54, 1.807) is 0 Å². The third-order valence-corrected chi connectivity index (χ3v) is 2.54. The van der Waals surface area contributed by atoms with Gasteiger partial charge in [-0.25, -0.2) is 0 Å². The first-order valence-corrected chi connectivity index (χ1v) is 5.84. The molecule has 1 saturated heterocycles. The minimum atomic E-state index is 0.425. The molecule has 1 rings (SSSR count). The van der Waals surface area contributed by atoms with E-state index in [-0.39, 0.29) is 0 Å². The highest BCUT2D eigenvalue weighted by Gasteiger charge is 2.13. The fourth-order valence-electron chi connectivity index (χ4n) is 1.57. The fourth-order valence-corrected chi connectivity index (χ4v) is 1.57. The molecule has 1 fully saturated rings. The van der Waals surface area contributed by atoms with Crippen LogP contribution in [-0.4, -0.2) is 64.6 Å². The Bertz CT molecular complexity index is 148. The number of hydrogen-bond donors (Lipinski definition) is 1. The van der Waals surface area contributed by atoms with E-state index in [9.17, 15) is 0 Å². The monoisotopic (exact) mass is 216 g/mol. The van der Waals surface area contributed by atoms with E-state index in [4.69, 9.17) is 9.47 Å². The SMILES string of the molecule is CN(C)CCNCCOC1CCOCC1. The smallest absolute Gasteiger partial charge is 0.0619 e. The largest absolute Gasteiger partial charge is 0.381 e. The molecule has 0 aromatic heterocycles. The van der Waals surface area contributed by atoms with Gasteiger partial charge in [-0.2, -0.15) is 0 Å². The number of nitrogens with zero attached hydrogens (tertiary/aromatic N) is 1. The van der Waals surface area contributed by atoms with Crippen molar-refractivity contribution in [1.29, 1.82) is 0 Å². The highest BCUT2D eigenvalue weighted by atomic mass is 16.5. The maximum atomic E-state index is 5.73. The van der Waals surface area contributed by atoms with Gasteiger partial charge in [0.1, 0.15) is 0 Å². The van der Waals surface area contributed by atoms with Crippen molar-refractivity contribution in [1.82, 2.24) is 10.2 Å². The molecule has 4 heteroatoms. The molecule has 0 unspecified atom stereocenters. The summed E-state index contributed by atoms with van der Waals surface area (Å²) in [7, 11) is 4.17. The first-order chi connectivity index (χ1) is 7.29. The van der Waals surface area contributed by atoms with Crippen LogP contribution in [0.1, 0.15) is 12.8 Å². The summed E-state index contributed by atoms with van der Waals surface area (Å²) in [5.41, 5.74) is 0. The average molecular weight is 216 g/mol. The Balaban J connectivity index is 1.83. The quantitative estimate of drug-likeness (QED) is 0.622. The zero-order valence-corrected chi connectivity index (χ0v) is 10.00. The van der Waals surface area contributed by atoms with E-state index in [0.717, 1.165) is 52.3 Å². The first kappa shape index (κ1) is 12.9. The van der Waals surface area contributed by atoms with Gasteiger partial charge >= 0.3 is 0 Å². The molecule has 90 valence electrons. The molecule has 0 saturated carbocycles. The molecule has 0 aromatic carbocycles. The molecular weight excluding hydrogens is 192 g/mol. The number of nitrogens with one attached hydrogen (secondary N) is 1. The first-order valence-electron chi connectivity index (χ1n) is 5.84. The predicted octanol–water partition coefficient (Wildman–Crippen LogP) is 0.333. The molecular formula is C11H24N2O2. The molecule has 0 aromatic rings. The number of ether oxygens (including phenoxy) is 2. The average Bonchev–Trinajstić information content (AvgIpc) is 2.24. The second-order valence-electron chi connectivity index (χ2n) is 4.24. The van der Waals surface area contributed by atoms with Gasteiger partial charge in [-0.3, -0.25) is 0 Å². The summed E-state index contributed by atoms with van der Waals surface area (Å²) in [4.78, 5) is 2.17. The zero-order valence-electron chi connectivity index (χ0n) is 10.00. The van der Waals surface area contributed by atoms with Crippen LogP contribution < -0.4 is 5.32 Å². The molecule has 15 heavy (non-hydrogen) atoms. The molecule has 1 aliphatic heterocycles. The van der Waals surface area contributed by atoms with Crippen molar-refractivity contribution in [2.75, 3.05) is 53.6 Å². The van der Waals surface area contributed by atoms with Crippen molar-refractivity contribution >= 4 is 0 Å². The van der Waals surface area contributed by atoms with Crippen LogP contribution in [0.3, 0.4) is 0 Å². The van der Waals surface area contributed by atoms with Crippen molar-refractivity contribution in [2.45, 2.75) is 18.9 Å². The van der Waals surface area contributed by atoms with Gasteiger partial charge in [0, 0.05) is 32.8 Å². The van der Waals surface area contributed by atoms with Crippen molar-refractivity contribution in [3.8, 4) is 0 Å². The lowest BCUT2D eigenvalue weighted by Crippen LogP contribution is -2.31. The van der Waals surface area contributed by atoms with Crippen molar-refractivity contribution in [3.05, 3.63) is 0 Å². The van der Waals surface area contributed by atoms with Gasteiger partial charge in [-0.05, 0) is 26.9 Å². The zero-order chi connectivity index (χ0) is 10.9. The Morgan fingerprint density at radius 3 is 2.67 bits per heavy atom. The summed E-state index contributed by atoms with van der Waals surface area (Å²) < 4.78 is 11.0. The van der Waals surface area contributed by atoms with Crippen molar-refractivity contribution < 1.29 is 9.47 Å².